The Hall–Kier alpha value is -3.28. The maximum atomic E-state index is 13.2. The monoisotopic (exact) mass is 368 g/mol. The summed E-state index contributed by atoms with van der Waals surface area (Å²) in [6, 6.07) is 20.0. The van der Waals surface area contributed by atoms with Crippen molar-refractivity contribution in [1.82, 2.24) is 9.55 Å². The summed E-state index contributed by atoms with van der Waals surface area (Å²) in [6.07, 6.45) is -4.42. The highest BCUT2D eigenvalue weighted by atomic mass is 19.4. The lowest BCUT2D eigenvalue weighted by molar-refractivity contribution is -0.137. The molecule has 0 bridgehead atoms. The van der Waals surface area contributed by atoms with E-state index < -0.39 is 11.7 Å². The molecule has 136 valence electrons. The van der Waals surface area contributed by atoms with Crippen LogP contribution in [0.2, 0.25) is 0 Å². The quantitative estimate of drug-likeness (QED) is 0.462. The van der Waals surface area contributed by atoms with Gasteiger partial charge in [0.05, 0.1) is 29.4 Å². The molecule has 0 saturated carbocycles. The van der Waals surface area contributed by atoms with Crippen LogP contribution in [-0.2, 0) is 6.18 Å². The summed E-state index contributed by atoms with van der Waals surface area (Å²) < 4.78 is 46.8. The van der Waals surface area contributed by atoms with E-state index in [-0.39, 0.29) is 0 Å². The van der Waals surface area contributed by atoms with Crippen molar-refractivity contribution >= 4 is 11.0 Å². The van der Waals surface area contributed by atoms with Gasteiger partial charge in [-0.15, -0.1) is 0 Å². The number of hydrogen-bond donors (Lipinski definition) is 0. The lowest BCUT2D eigenvalue weighted by Gasteiger charge is -2.14. The van der Waals surface area contributed by atoms with Crippen molar-refractivity contribution in [3.8, 4) is 22.8 Å². The van der Waals surface area contributed by atoms with Crippen LogP contribution in [-0.4, -0.2) is 16.7 Å². The Kier molecular flexibility index (Phi) is 4.11. The number of hydrogen-bond acceptors (Lipinski definition) is 2. The van der Waals surface area contributed by atoms with Crippen molar-refractivity contribution in [2.24, 2.45) is 0 Å². The zero-order valence-corrected chi connectivity index (χ0v) is 14.4. The average Bonchev–Trinajstić information content (AvgIpc) is 3.07. The van der Waals surface area contributed by atoms with Crippen LogP contribution in [0.3, 0.4) is 0 Å². The normalized spacial score (nSPS) is 11.7. The number of benzene rings is 3. The summed E-state index contributed by atoms with van der Waals surface area (Å²) in [7, 11) is 1.56. The van der Waals surface area contributed by atoms with Gasteiger partial charge >= 0.3 is 6.18 Å². The number of rotatable bonds is 3. The van der Waals surface area contributed by atoms with Gasteiger partial charge in [0, 0.05) is 5.56 Å². The third-order valence-electron chi connectivity index (χ3n) is 4.33. The highest BCUT2D eigenvalue weighted by molar-refractivity contribution is 5.84. The number of imidazole rings is 1. The molecule has 27 heavy (non-hydrogen) atoms. The summed E-state index contributed by atoms with van der Waals surface area (Å²) in [5, 5.41) is 0. The second-order valence-electron chi connectivity index (χ2n) is 6.01. The number of aromatic nitrogens is 2. The van der Waals surface area contributed by atoms with Crippen molar-refractivity contribution < 1.29 is 17.9 Å². The van der Waals surface area contributed by atoms with Gasteiger partial charge in [-0.2, -0.15) is 13.2 Å². The molecule has 0 aliphatic rings. The summed E-state index contributed by atoms with van der Waals surface area (Å²) in [5.74, 6) is 1.03. The summed E-state index contributed by atoms with van der Waals surface area (Å²) in [6.45, 7) is 0. The molecule has 0 unspecified atom stereocenters. The van der Waals surface area contributed by atoms with Crippen molar-refractivity contribution in [2.45, 2.75) is 6.18 Å². The molecule has 4 rings (SSSR count). The van der Waals surface area contributed by atoms with E-state index in [1.54, 1.807) is 19.2 Å². The lowest BCUT2D eigenvalue weighted by atomic mass is 10.1. The first-order valence-corrected chi connectivity index (χ1v) is 8.27. The highest BCUT2D eigenvalue weighted by Crippen LogP contribution is 2.35. The van der Waals surface area contributed by atoms with Crippen LogP contribution in [0.4, 0.5) is 13.2 Å². The van der Waals surface area contributed by atoms with E-state index >= 15 is 0 Å². The lowest BCUT2D eigenvalue weighted by Crippen LogP contribution is -2.05. The van der Waals surface area contributed by atoms with Crippen molar-refractivity contribution in [1.29, 1.82) is 0 Å². The summed E-state index contributed by atoms with van der Waals surface area (Å²) in [5.41, 5.74) is 1.86. The topological polar surface area (TPSA) is 27.1 Å². The first kappa shape index (κ1) is 17.1. The summed E-state index contributed by atoms with van der Waals surface area (Å²) in [4.78, 5) is 4.60. The number of methoxy groups -OCH3 is 1. The maximum Gasteiger partial charge on any atom is 0.416 e. The Morgan fingerprint density at radius 3 is 2.41 bits per heavy atom. The first-order valence-electron chi connectivity index (χ1n) is 8.27. The van der Waals surface area contributed by atoms with Crippen molar-refractivity contribution in [3.63, 3.8) is 0 Å². The second-order valence-corrected chi connectivity index (χ2v) is 6.01. The van der Waals surface area contributed by atoms with E-state index in [1.807, 2.05) is 47.0 Å². The van der Waals surface area contributed by atoms with E-state index in [2.05, 4.69) is 4.98 Å². The van der Waals surface area contributed by atoms with Gasteiger partial charge in [0.1, 0.15) is 11.6 Å². The number of ether oxygens (including phenoxy) is 1. The standard InChI is InChI=1S/C21H15F3N2O/c1-27-19-12-5-4-11-18(19)26-17-10-3-2-9-16(17)25-20(26)14-7-6-8-15(13-14)21(22,23)24/h2-13H,1H3. The van der Waals surface area contributed by atoms with Crippen molar-refractivity contribution in [3.05, 3.63) is 78.4 Å². The first-order chi connectivity index (χ1) is 13.0. The molecular formula is C21H15F3N2O. The highest BCUT2D eigenvalue weighted by Gasteiger charge is 2.31. The van der Waals surface area contributed by atoms with Crippen LogP contribution < -0.4 is 4.74 Å². The minimum absolute atomic E-state index is 0.381. The molecular weight excluding hydrogens is 353 g/mol. The van der Waals surface area contributed by atoms with Crippen molar-refractivity contribution in [2.75, 3.05) is 7.11 Å². The molecule has 0 saturated heterocycles. The van der Waals surface area contributed by atoms with Gasteiger partial charge in [-0.05, 0) is 36.4 Å². The van der Waals surface area contributed by atoms with E-state index in [1.165, 1.54) is 6.07 Å². The Morgan fingerprint density at radius 1 is 0.889 bits per heavy atom. The smallest absolute Gasteiger partial charge is 0.416 e. The number of nitrogens with zero attached hydrogens (tertiary/aromatic N) is 2. The molecule has 0 atom stereocenters. The third-order valence-corrected chi connectivity index (χ3v) is 4.33. The number of alkyl halides is 3. The van der Waals surface area contributed by atoms with Gasteiger partial charge in [0.15, 0.2) is 0 Å². The largest absolute Gasteiger partial charge is 0.495 e. The van der Waals surface area contributed by atoms with Gasteiger partial charge in [-0.25, -0.2) is 4.98 Å². The fourth-order valence-corrected chi connectivity index (χ4v) is 3.11. The SMILES string of the molecule is COc1ccccc1-n1c(-c2cccc(C(F)(F)F)c2)nc2ccccc21. The zero-order chi connectivity index (χ0) is 19.0. The summed E-state index contributed by atoms with van der Waals surface area (Å²) >= 11 is 0. The van der Waals surface area contributed by atoms with Gasteiger partial charge in [-0.1, -0.05) is 36.4 Å². The van der Waals surface area contributed by atoms with E-state index in [0.717, 1.165) is 17.6 Å². The zero-order valence-electron chi connectivity index (χ0n) is 14.4. The van der Waals surface area contributed by atoms with E-state index in [0.29, 0.717) is 28.3 Å². The Bertz CT molecular complexity index is 1120. The molecule has 0 amide bonds. The predicted octanol–water partition coefficient (Wildman–Crippen LogP) is 5.72. The molecule has 0 spiro atoms. The molecule has 0 N–H and O–H groups in total. The minimum atomic E-state index is -4.42. The van der Waals surface area contributed by atoms with Gasteiger partial charge in [0.2, 0.25) is 0 Å². The second kappa shape index (κ2) is 6.46. The molecule has 3 aromatic carbocycles. The van der Waals surface area contributed by atoms with Gasteiger partial charge in [-0.3, -0.25) is 4.57 Å². The average molecular weight is 368 g/mol. The minimum Gasteiger partial charge on any atom is -0.495 e. The molecule has 6 heteroatoms. The molecule has 4 aromatic rings. The van der Waals surface area contributed by atoms with Crippen LogP contribution >= 0.6 is 0 Å². The van der Waals surface area contributed by atoms with Crippen LogP contribution in [0.15, 0.2) is 72.8 Å². The van der Waals surface area contributed by atoms with Crippen LogP contribution in [0.25, 0.3) is 28.1 Å². The predicted molar refractivity (Wildman–Crippen MR) is 98.1 cm³/mol. The van der Waals surface area contributed by atoms with E-state index in [4.69, 9.17) is 4.74 Å². The van der Waals surface area contributed by atoms with Crippen LogP contribution in [0.5, 0.6) is 5.75 Å². The van der Waals surface area contributed by atoms with E-state index in [9.17, 15) is 13.2 Å². The number of para-hydroxylation sites is 4. The van der Waals surface area contributed by atoms with Gasteiger partial charge < -0.3 is 4.74 Å². The van der Waals surface area contributed by atoms with Gasteiger partial charge in [0.25, 0.3) is 0 Å². The molecule has 3 nitrogen and oxygen atoms in total. The maximum absolute atomic E-state index is 13.2. The fraction of sp³-hybridized carbons (Fsp3) is 0.0952. The number of halogens is 3. The molecule has 1 heterocycles. The van der Waals surface area contributed by atoms with Crippen LogP contribution in [0.1, 0.15) is 5.56 Å². The Balaban J connectivity index is 2.03. The Labute approximate surface area is 153 Å². The molecule has 0 aliphatic heterocycles. The molecule has 0 radical (unpaired) electrons. The molecule has 0 fully saturated rings. The molecule has 1 aromatic heterocycles. The number of fused-ring (bicyclic) bond motifs is 1. The van der Waals surface area contributed by atoms with Crippen LogP contribution in [0, 0.1) is 0 Å². The third kappa shape index (κ3) is 3.03. The molecule has 0 aliphatic carbocycles. The fourth-order valence-electron chi connectivity index (χ4n) is 3.11. The Morgan fingerprint density at radius 2 is 1.63 bits per heavy atom.